The molecule has 13 heavy (non-hydrogen) atoms. The quantitative estimate of drug-likeness (QED) is 0.646. The lowest BCUT2D eigenvalue weighted by Gasteiger charge is -2.10. The van der Waals surface area contributed by atoms with E-state index in [0.717, 1.165) is 18.7 Å². The van der Waals surface area contributed by atoms with Crippen LogP contribution >= 0.6 is 11.6 Å². The van der Waals surface area contributed by atoms with Crippen LogP contribution in [0.4, 0.5) is 0 Å². The number of aryl methyl sites for hydroxylation is 2. The summed E-state index contributed by atoms with van der Waals surface area (Å²) >= 11 is 5.67. The van der Waals surface area contributed by atoms with E-state index < -0.39 is 0 Å². The standard InChI is InChI=1S/C12H17Cl/c1-9-6-7-12(5-4-8-13)11(3)10(9)2/h6-7H,4-5,8H2,1-3H3. The van der Waals surface area contributed by atoms with Crippen molar-refractivity contribution in [2.45, 2.75) is 33.6 Å². The molecule has 0 unspecified atom stereocenters. The highest BCUT2D eigenvalue weighted by atomic mass is 35.5. The molecule has 0 spiro atoms. The van der Waals surface area contributed by atoms with E-state index in [1.54, 1.807) is 0 Å². The Kier molecular flexibility index (Phi) is 3.80. The van der Waals surface area contributed by atoms with E-state index >= 15 is 0 Å². The maximum absolute atomic E-state index is 5.67. The zero-order valence-electron chi connectivity index (χ0n) is 8.65. The Bertz CT molecular complexity index is 289. The summed E-state index contributed by atoms with van der Waals surface area (Å²) in [4.78, 5) is 0. The second-order valence-corrected chi connectivity index (χ2v) is 3.96. The average Bonchev–Trinajstić information content (AvgIpc) is 2.13. The van der Waals surface area contributed by atoms with Crippen molar-refractivity contribution in [1.82, 2.24) is 0 Å². The average molecular weight is 197 g/mol. The number of hydrogen-bond acceptors (Lipinski definition) is 0. The minimum Gasteiger partial charge on any atom is -0.127 e. The molecule has 0 nitrogen and oxygen atoms in total. The molecule has 0 amide bonds. The smallest absolute Gasteiger partial charge is 0.0226 e. The predicted molar refractivity (Wildman–Crippen MR) is 59.7 cm³/mol. The zero-order valence-corrected chi connectivity index (χ0v) is 9.41. The number of hydrogen-bond donors (Lipinski definition) is 0. The summed E-state index contributed by atoms with van der Waals surface area (Å²) in [7, 11) is 0. The second kappa shape index (κ2) is 4.66. The van der Waals surface area contributed by atoms with Gasteiger partial charge in [-0.2, -0.15) is 0 Å². The highest BCUT2D eigenvalue weighted by Gasteiger charge is 2.02. The Morgan fingerprint density at radius 1 is 1.08 bits per heavy atom. The maximum Gasteiger partial charge on any atom is 0.0226 e. The molecule has 0 saturated heterocycles. The fraction of sp³-hybridized carbons (Fsp3) is 0.500. The molecule has 0 aromatic heterocycles. The molecule has 0 saturated carbocycles. The van der Waals surface area contributed by atoms with Gasteiger partial charge in [-0.3, -0.25) is 0 Å². The van der Waals surface area contributed by atoms with E-state index in [-0.39, 0.29) is 0 Å². The molecule has 72 valence electrons. The molecule has 1 rings (SSSR count). The third kappa shape index (κ3) is 2.47. The molecular formula is C12H17Cl. The first-order chi connectivity index (χ1) is 6.16. The third-order valence-corrected chi connectivity index (χ3v) is 3.02. The molecule has 0 radical (unpaired) electrons. The molecule has 0 heterocycles. The summed E-state index contributed by atoms with van der Waals surface area (Å²) < 4.78 is 0. The third-order valence-electron chi connectivity index (χ3n) is 2.75. The fourth-order valence-electron chi connectivity index (χ4n) is 1.54. The van der Waals surface area contributed by atoms with Crippen LogP contribution in [0.15, 0.2) is 12.1 Å². The summed E-state index contributed by atoms with van der Waals surface area (Å²) in [5, 5.41) is 0. The first kappa shape index (κ1) is 10.6. The van der Waals surface area contributed by atoms with Gasteiger partial charge >= 0.3 is 0 Å². The van der Waals surface area contributed by atoms with Gasteiger partial charge in [-0.25, -0.2) is 0 Å². The number of rotatable bonds is 3. The molecule has 0 bridgehead atoms. The van der Waals surface area contributed by atoms with Gasteiger partial charge < -0.3 is 0 Å². The lowest BCUT2D eigenvalue weighted by molar-refractivity contribution is 0.914. The summed E-state index contributed by atoms with van der Waals surface area (Å²) in [5.41, 5.74) is 5.69. The zero-order chi connectivity index (χ0) is 9.84. The first-order valence-corrected chi connectivity index (χ1v) is 5.32. The van der Waals surface area contributed by atoms with Crippen molar-refractivity contribution in [3.05, 3.63) is 34.4 Å². The number of benzene rings is 1. The summed E-state index contributed by atoms with van der Waals surface area (Å²) in [6, 6.07) is 4.43. The lowest BCUT2D eigenvalue weighted by Crippen LogP contribution is -1.95. The molecule has 0 aliphatic heterocycles. The molecule has 0 atom stereocenters. The van der Waals surface area contributed by atoms with Gasteiger partial charge in [0.1, 0.15) is 0 Å². The SMILES string of the molecule is Cc1ccc(CCCCl)c(C)c1C. The Morgan fingerprint density at radius 2 is 1.77 bits per heavy atom. The minimum absolute atomic E-state index is 0.756. The molecule has 0 fully saturated rings. The van der Waals surface area contributed by atoms with E-state index in [2.05, 4.69) is 32.9 Å². The molecular weight excluding hydrogens is 180 g/mol. The molecule has 1 aromatic rings. The van der Waals surface area contributed by atoms with E-state index in [0.29, 0.717) is 0 Å². The molecule has 1 heteroatoms. The van der Waals surface area contributed by atoms with Crippen molar-refractivity contribution in [3.8, 4) is 0 Å². The molecule has 0 aliphatic rings. The summed E-state index contributed by atoms with van der Waals surface area (Å²) in [5.74, 6) is 0.756. The van der Waals surface area contributed by atoms with Crippen molar-refractivity contribution >= 4 is 11.6 Å². The molecule has 1 aromatic carbocycles. The van der Waals surface area contributed by atoms with Crippen molar-refractivity contribution in [2.75, 3.05) is 5.88 Å². The topological polar surface area (TPSA) is 0 Å². The van der Waals surface area contributed by atoms with Crippen molar-refractivity contribution in [2.24, 2.45) is 0 Å². The Balaban J connectivity index is 2.90. The minimum atomic E-state index is 0.756. The fourth-order valence-corrected chi connectivity index (χ4v) is 1.67. The molecule has 0 aliphatic carbocycles. The van der Waals surface area contributed by atoms with Crippen LogP contribution in [-0.4, -0.2) is 5.88 Å². The van der Waals surface area contributed by atoms with Crippen LogP contribution in [0, 0.1) is 20.8 Å². The summed E-state index contributed by atoms with van der Waals surface area (Å²) in [6.07, 6.45) is 2.18. The van der Waals surface area contributed by atoms with Gasteiger partial charge in [-0.05, 0) is 55.9 Å². The van der Waals surface area contributed by atoms with Gasteiger partial charge in [0, 0.05) is 5.88 Å². The number of alkyl halides is 1. The highest BCUT2D eigenvalue weighted by Crippen LogP contribution is 2.18. The Hall–Kier alpha value is -0.490. The van der Waals surface area contributed by atoms with E-state index in [1.165, 1.54) is 22.3 Å². The highest BCUT2D eigenvalue weighted by molar-refractivity contribution is 6.17. The van der Waals surface area contributed by atoms with Crippen molar-refractivity contribution in [1.29, 1.82) is 0 Å². The van der Waals surface area contributed by atoms with Crippen LogP contribution in [0.1, 0.15) is 28.7 Å². The normalized spacial score (nSPS) is 10.5. The predicted octanol–water partition coefficient (Wildman–Crippen LogP) is 3.78. The van der Waals surface area contributed by atoms with Crippen molar-refractivity contribution < 1.29 is 0 Å². The monoisotopic (exact) mass is 196 g/mol. The first-order valence-electron chi connectivity index (χ1n) is 4.78. The van der Waals surface area contributed by atoms with E-state index in [1.807, 2.05) is 0 Å². The van der Waals surface area contributed by atoms with Crippen LogP contribution in [0.5, 0.6) is 0 Å². The van der Waals surface area contributed by atoms with Gasteiger partial charge in [0.05, 0.1) is 0 Å². The Labute approximate surface area is 85.9 Å². The van der Waals surface area contributed by atoms with E-state index in [4.69, 9.17) is 11.6 Å². The van der Waals surface area contributed by atoms with Crippen LogP contribution in [0.25, 0.3) is 0 Å². The maximum atomic E-state index is 5.67. The van der Waals surface area contributed by atoms with Gasteiger partial charge in [-0.15, -0.1) is 11.6 Å². The number of halogens is 1. The van der Waals surface area contributed by atoms with Crippen LogP contribution in [-0.2, 0) is 6.42 Å². The summed E-state index contributed by atoms with van der Waals surface area (Å²) in [6.45, 7) is 6.55. The van der Waals surface area contributed by atoms with E-state index in [9.17, 15) is 0 Å². The second-order valence-electron chi connectivity index (χ2n) is 3.58. The van der Waals surface area contributed by atoms with Crippen LogP contribution in [0.3, 0.4) is 0 Å². The van der Waals surface area contributed by atoms with Gasteiger partial charge in [-0.1, -0.05) is 12.1 Å². The lowest BCUT2D eigenvalue weighted by atomic mass is 9.96. The van der Waals surface area contributed by atoms with Crippen LogP contribution in [0.2, 0.25) is 0 Å². The van der Waals surface area contributed by atoms with Gasteiger partial charge in [0.2, 0.25) is 0 Å². The Morgan fingerprint density at radius 3 is 2.38 bits per heavy atom. The van der Waals surface area contributed by atoms with Gasteiger partial charge in [0.15, 0.2) is 0 Å². The van der Waals surface area contributed by atoms with Crippen molar-refractivity contribution in [3.63, 3.8) is 0 Å². The largest absolute Gasteiger partial charge is 0.127 e. The molecule has 0 N–H and O–H groups in total. The van der Waals surface area contributed by atoms with Gasteiger partial charge in [0.25, 0.3) is 0 Å². The van der Waals surface area contributed by atoms with Crippen LogP contribution < -0.4 is 0 Å².